The third-order valence-corrected chi connectivity index (χ3v) is 2.72. The van der Waals surface area contributed by atoms with Crippen LogP contribution in [-0.4, -0.2) is 25.3 Å². The molecule has 5 heteroatoms. The third-order valence-electron chi connectivity index (χ3n) is 2.72. The quantitative estimate of drug-likeness (QED) is 0.792. The van der Waals surface area contributed by atoms with Crippen LogP contribution in [0.2, 0.25) is 0 Å². The molecule has 0 spiro atoms. The normalized spacial score (nSPS) is 21.2. The van der Waals surface area contributed by atoms with Gasteiger partial charge in [0, 0.05) is 18.3 Å². The van der Waals surface area contributed by atoms with Crippen molar-refractivity contribution in [2.24, 2.45) is 4.99 Å². The molecular formula is C12H13F3N2. The van der Waals surface area contributed by atoms with Crippen LogP contribution >= 0.6 is 0 Å². The van der Waals surface area contributed by atoms with Crippen molar-refractivity contribution in [1.82, 2.24) is 5.32 Å². The lowest BCUT2D eigenvalue weighted by Gasteiger charge is -2.09. The van der Waals surface area contributed by atoms with E-state index in [2.05, 4.69) is 10.3 Å². The lowest BCUT2D eigenvalue weighted by Crippen LogP contribution is -2.12. The van der Waals surface area contributed by atoms with E-state index >= 15 is 0 Å². The molecule has 0 radical (unpaired) electrons. The van der Waals surface area contributed by atoms with E-state index in [-0.39, 0.29) is 11.6 Å². The van der Waals surface area contributed by atoms with Crippen LogP contribution < -0.4 is 5.32 Å². The van der Waals surface area contributed by atoms with Crippen molar-refractivity contribution in [2.75, 3.05) is 13.1 Å². The molecule has 0 aliphatic carbocycles. The standard InChI is InChI=1S/C12H13F3N2/c13-12(14,15)11-4-2-1-3-9(11)7-17-10-5-6-16-8-10/h1-4,7,10,16H,5-6,8H2/t10-/m0/s1. The van der Waals surface area contributed by atoms with Gasteiger partial charge in [0.15, 0.2) is 0 Å². The zero-order valence-corrected chi connectivity index (χ0v) is 9.17. The molecule has 0 saturated carbocycles. The van der Waals surface area contributed by atoms with Crippen molar-refractivity contribution in [1.29, 1.82) is 0 Å². The van der Waals surface area contributed by atoms with Crippen LogP contribution in [0.1, 0.15) is 17.5 Å². The van der Waals surface area contributed by atoms with Gasteiger partial charge in [0.05, 0.1) is 11.6 Å². The van der Waals surface area contributed by atoms with Gasteiger partial charge in [-0.2, -0.15) is 13.2 Å². The summed E-state index contributed by atoms with van der Waals surface area (Å²) in [5.74, 6) is 0. The van der Waals surface area contributed by atoms with Crippen molar-refractivity contribution < 1.29 is 13.2 Å². The van der Waals surface area contributed by atoms with Crippen LogP contribution in [0.5, 0.6) is 0 Å². The van der Waals surface area contributed by atoms with E-state index in [4.69, 9.17) is 0 Å². The molecule has 1 fully saturated rings. The summed E-state index contributed by atoms with van der Waals surface area (Å²) in [6, 6.07) is 5.58. The summed E-state index contributed by atoms with van der Waals surface area (Å²) in [6.45, 7) is 1.62. The molecule has 92 valence electrons. The fourth-order valence-electron chi connectivity index (χ4n) is 1.82. The van der Waals surface area contributed by atoms with Gasteiger partial charge in [-0.1, -0.05) is 18.2 Å². The Morgan fingerprint density at radius 3 is 2.71 bits per heavy atom. The van der Waals surface area contributed by atoms with Gasteiger partial charge in [-0.25, -0.2) is 0 Å². The van der Waals surface area contributed by atoms with Crippen LogP contribution in [0.15, 0.2) is 29.3 Å². The molecule has 1 N–H and O–H groups in total. The first kappa shape index (κ1) is 12.1. The molecule has 2 rings (SSSR count). The van der Waals surface area contributed by atoms with Gasteiger partial charge in [0.1, 0.15) is 0 Å². The molecule has 1 aromatic carbocycles. The Kier molecular flexibility index (Phi) is 3.47. The molecule has 1 atom stereocenters. The summed E-state index contributed by atoms with van der Waals surface area (Å²) in [5.41, 5.74) is -0.499. The lowest BCUT2D eigenvalue weighted by molar-refractivity contribution is -0.137. The number of alkyl halides is 3. The Labute approximate surface area is 97.6 Å². The first-order valence-electron chi connectivity index (χ1n) is 5.47. The molecule has 17 heavy (non-hydrogen) atoms. The van der Waals surface area contributed by atoms with Gasteiger partial charge in [0.25, 0.3) is 0 Å². The maximum atomic E-state index is 12.7. The summed E-state index contributed by atoms with van der Waals surface area (Å²) in [5, 5.41) is 3.12. The van der Waals surface area contributed by atoms with Gasteiger partial charge in [-0.05, 0) is 19.0 Å². The van der Waals surface area contributed by atoms with Gasteiger partial charge in [0.2, 0.25) is 0 Å². The number of nitrogens with zero attached hydrogens (tertiary/aromatic N) is 1. The molecule has 1 saturated heterocycles. The Balaban J connectivity index is 2.20. The Bertz CT molecular complexity index is 406. The highest BCUT2D eigenvalue weighted by molar-refractivity contribution is 5.82. The molecule has 1 heterocycles. The smallest absolute Gasteiger partial charge is 0.315 e. The minimum atomic E-state index is -4.32. The van der Waals surface area contributed by atoms with Gasteiger partial charge < -0.3 is 5.32 Å². The fourth-order valence-corrected chi connectivity index (χ4v) is 1.82. The number of nitrogens with one attached hydrogen (secondary N) is 1. The number of benzene rings is 1. The van der Waals surface area contributed by atoms with E-state index in [1.165, 1.54) is 18.3 Å². The molecular weight excluding hydrogens is 229 g/mol. The predicted octanol–water partition coefficient (Wildman–Crippen LogP) is 2.49. The topological polar surface area (TPSA) is 24.4 Å². The van der Waals surface area contributed by atoms with Gasteiger partial charge in [-0.3, -0.25) is 4.99 Å². The number of hydrogen-bond acceptors (Lipinski definition) is 2. The Morgan fingerprint density at radius 2 is 2.06 bits per heavy atom. The van der Waals surface area contributed by atoms with Crippen LogP contribution in [0.25, 0.3) is 0 Å². The van der Waals surface area contributed by atoms with Gasteiger partial charge >= 0.3 is 6.18 Å². The van der Waals surface area contributed by atoms with Crippen LogP contribution in [0.3, 0.4) is 0 Å². The number of halogens is 3. The molecule has 0 aromatic heterocycles. The minimum absolute atomic E-state index is 0.0938. The first-order chi connectivity index (χ1) is 8.07. The molecule has 0 bridgehead atoms. The fraction of sp³-hybridized carbons (Fsp3) is 0.417. The summed E-state index contributed by atoms with van der Waals surface area (Å²) in [4.78, 5) is 4.18. The van der Waals surface area contributed by atoms with Gasteiger partial charge in [-0.15, -0.1) is 0 Å². The highest BCUT2D eigenvalue weighted by Crippen LogP contribution is 2.31. The van der Waals surface area contributed by atoms with E-state index < -0.39 is 11.7 Å². The molecule has 1 aliphatic heterocycles. The number of hydrogen-bond donors (Lipinski definition) is 1. The maximum Gasteiger partial charge on any atom is 0.417 e. The predicted molar refractivity (Wildman–Crippen MR) is 60.3 cm³/mol. The molecule has 1 aromatic rings. The largest absolute Gasteiger partial charge is 0.417 e. The Morgan fingerprint density at radius 1 is 1.29 bits per heavy atom. The zero-order chi connectivity index (χ0) is 12.3. The van der Waals surface area contributed by atoms with E-state index in [0.29, 0.717) is 0 Å². The van der Waals surface area contributed by atoms with E-state index in [1.807, 2.05) is 0 Å². The number of aliphatic imine (C=N–C) groups is 1. The SMILES string of the molecule is FC(F)(F)c1ccccc1C=N[C@H]1CCNC1. The molecule has 0 amide bonds. The highest BCUT2D eigenvalue weighted by atomic mass is 19.4. The average molecular weight is 242 g/mol. The molecule has 1 aliphatic rings. The molecule has 0 unspecified atom stereocenters. The summed E-state index contributed by atoms with van der Waals surface area (Å²) >= 11 is 0. The van der Waals surface area contributed by atoms with Crippen molar-refractivity contribution in [3.63, 3.8) is 0 Å². The van der Waals surface area contributed by atoms with Crippen LogP contribution in [0.4, 0.5) is 13.2 Å². The summed E-state index contributed by atoms with van der Waals surface area (Å²) in [6.07, 6.45) is -2.11. The first-order valence-corrected chi connectivity index (χ1v) is 5.47. The average Bonchev–Trinajstić information content (AvgIpc) is 2.78. The van der Waals surface area contributed by atoms with Crippen LogP contribution in [0, 0.1) is 0 Å². The van der Waals surface area contributed by atoms with Crippen molar-refractivity contribution in [3.8, 4) is 0 Å². The van der Waals surface area contributed by atoms with Crippen molar-refractivity contribution in [3.05, 3.63) is 35.4 Å². The van der Waals surface area contributed by atoms with Crippen molar-refractivity contribution >= 4 is 6.21 Å². The van der Waals surface area contributed by atoms with E-state index in [1.54, 1.807) is 6.07 Å². The zero-order valence-electron chi connectivity index (χ0n) is 9.17. The van der Waals surface area contributed by atoms with Crippen molar-refractivity contribution in [2.45, 2.75) is 18.6 Å². The number of rotatable bonds is 2. The Hall–Kier alpha value is -1.36. The summed E-state index contributed by atoms with van der Waals surface area (Å²) < 4.78 is 38.0. The second kappa shape index (κ2) is 4.87. The van der Waals surface area contributed by atoms with E-state index in [0.717, 1.165) is 25.6 Å². The molecule has 2 nitrogen and oxygen atoms in total. The van der Waals surface area contributed by atoms with E-state index in [9.17, 15) is 13.2 Å². The highest BCUT2D eigenvalue weighted by Gasteiger charge is 2.32. The second-order valence-electron chi connectivity index (χ2n) is 4.01. The summed E-state index contributed by atoms with van der Waals surface area (Å²) in [7, 11) is 0. The maximum absolute atomic E-state index is 12.7. The van der Waals surface area contributed by atoms with Crippen LogP contribution in [-0.2, 0) is 6.18 Å². The third kappa shape index (κ3) is 3.06. The monoisotopic (exact) mass is 242 g/mol. The minimum Gasteiger partial charge on any atom is -0.315 e. The lowest BCUT2D eigenvalue weighted by atomic mass is 10.1. The second-order valence-corrected chi connectivity index (χ2v) is 4.01.